The maximum atomic E-state index is 5.45. The van der Waals surface area contributed by atoms with Crippen molar-refractivity contribution >= 4 is 0 Å². The SMILES string of the molecule is NCCc1nc(C2CCCO2)n[nH]1. The van der Waals surface area contributed by atoms with Gasteiger partial charge in [-0.2, -0.15) is 5.10 Å². The molecule has 72 valence electrons. The highest BCUT2D eigenvalue weighted by atomic mass is 16.5. The van der Waals surface area contributed by atoms with Crippen molar-refractivity contribution < 1.29 is 4.74 Å². The Kier molecular flexibility index (Phi) is 2.56. The summed E-state index contributed by atoms with van der Waals surface area (Å²) in [5.41, 5.74) is 5.40. The lowest BCUT2D eigenvalue weighted by Crippen LogP contribution is -2.04. The molecule has 0 radical (unpaired) electrons. The Bertz CT molecular complexity index is 267. The van der Waals surface area contributed by atoms with Crippen LogP contribution in [0.1, 0.15) is 30.6 Å². The average Bonchev–Trinajstić information content (AvgIpc) is 2.70. The van der Waals surface area contributed by atoms with E-state index in [1.54, 1.807) is 0 Å². The van der Waals surface area contributed by atoms with Crippen LogP contribution < -0.4 is 5.73 Å². The molecule has 0 spiro atoms. The maximum absolute atomic E-state index is 5.45. The summed E-state index contributed by atoms with van der Waals surface area (Å²) in [4.78, 5) is 4.31. The Morgan fingerprint density at radius 1 is 1.62 bits per heavy atom. The monoisotopic (exact) mass is 182 g/mol. The van der Waals surface area contributed by atoms with Gasteiger partial charge in [0.1, 0.15) is 11.9 Å². The van der Waals surface area contributed by atoms with Gasteiger partial charge in [-0.05, 0) is 19.4 Å². The van der Waals surface area contributed by atoms with E-state index < -0.39 is 0 Å². The van der Waals surface area contributed by atoms with Crippen LogP contribution in [0.2, 0.25) is 0 Å². The third kappa shape index (κ3) is 1.87. The van der Waals surface area contributed by atoms with Crippen molar-refractivity contribution in [1.29, 1.82) is 0 Å². The molecule has 0 aliphatic carbocycles. The smallest absolute Gasteiger partial charge is 0.179 e. The summed E-state index contributed by atoms with van der Waals surface area (Å²) in [5, 5.41) is 6.96. The van der Waals surface area contributed by atoms with Crippen LogP contribution in [0.15, 0.2) is 0 Å². The van der Waals surface area contributed by atoms with E-state index in [9.17, 15) is 0 Å². The zero-order chi connectivity index (χ0) is 9.10. The second-order valence-electron chi connectivity index (χ2n) is 3.18. The molecule has 1 fully saturated rings. The zero-order valence-corrected chi connectivity index (χ0v) is 7.49. The van der Waals surface area contributed by atoms with Gasteiger partial charge in [-0.15, -0.1) is 0 Å². The van der Waals surface area contributed by atoms with Gasteiger partial charge < -0.3 is 10.5 Å². The number of ether oxygens (including phenoxy) is 1. The average molecular weight is 182 g/mol. The van der Waals surface area contributed by atoms with Gasteiger partial charge in [-0.3, -0.25) is 5.10 Å². The van der Waals surface area contributed by atoms with Crippen LogP contribution in [-0.2, 0) is 11.2 Å². The number of nitrogens with zero attached hydrogens (tertiary/aromatic N) is 2. The molecule has 0 saturated carbocycles. The molecule has 0 amide bonds. The van der Waals surface area contributed by atoms with Crippen LogP contribution in [0.3, 0.4) is 0 Å². The van der Waals surface area contributed by atoms with Gasteiger partial charge in [0.05, 0.1) is 0 Å². The van der Waals surface area contributed by atoms with E-state index in [1.165, 1.54) is 0 Å². The number of aromatic nitrogens is 3. The van der Waals surface area contributed by atoms with Crippen molar-refractivity contribution in [1.82, 2.24) is 15.2 Å². The highest BCUT2D eigenvalue weighted by Gasteiger charge is 2.21. The van der Waals surface area contributed by atoms with Gasteiger partial charge in [-0.25, -0.2) is 4.98 Å². The summed E-state index contributed by atoms with van der Waals surface area (Å²) in [7, 11) is 0. The van der Waals surface area contributed by atoms with Crippen molar-refractivity contribution in [2.24, 2.45) is 5.73 Å². The van der Waals surface area contributed by atoms with Crippen molar-refractivity contribution in [3.63, 3.8) is 0 Å². The minimum atomic E-state index is 0.0998. The van der Waals surface area contributed by atoms with Crippen molar-refractivity contribution in [2.75, 3.05) is 13.2 Å². The summed E-state index contributed by atoms with van der Waals surface area (Å²) in [6.07, 6.45) is 2.98. The van der Waals surface area contributed by atoms with Crippen LogP contribution in [0, 0.1) is 0 Å². The Balaban J connectivity index is 2.03. The Morgan fingerprint density at radius 3 is 3.23 bits per heavy atom. The Morgan fingerprint density at radius 2 is 2.54 bits per heavy atom. The van der Waals surface area contributed by atoms with E-state index in [-0.39, 0.29) is 6.10 Å². The number of nitrogens with one attached hydrogen (secondary N) is 1. The maximum Gasteiger partial charge on any atom is 0.179 e. The lowest BCUT2D eigenvalue weighted by Gasteiger charge is -2.01. The van der Waals surface area contributed by atoms with E-state index in [2.05, 4.69) is 15.2 Å². The van der Waals surface area contributed by atoms with Crippen LogP contribution >= 0.6 is 0 Å². The summed E-state index contributed by atoms with van der Waals surface area (Å²) in [6.45, 7) is 1.42. The molecule has 0 aromatic carbocycles. The molecule has 1 atom stereocenters. The van der Waals surface area contributed by atoms with Crippen LogP contribution in [0.5, 0.6) is 0 Å². The summed E-state index contributed by atoms with van der Waals surface area (Å²) < 4.78 is 5.45. The van der Waals surface area contributed by atoms with Gasteiger partial charge in [0, 0.05) is 13.0 Å². The molecule has 2 heterocycles. The highest BCUT2D eigenvalue weighted by Crippen LogP contribution is 2.25. The fourth-order valence-corrected chi connectivity index (χ4v) is 1.48. The first-order valence-corrected chi connectivity index (χ1v) is 4.63. The molecule has 3 N–H and O–H groups in total. The standard InChI is InChI=1S/C8H14N4O/c9-4-3-7-10-8(12-11-7)6-2-1-5-13-6/h6H,1-5,9H2,(H,10,11,12). The van der Waals surface area contributed by atoms with E-state index in [1.807, 2.05) is 0 Å². The van der Waals surface area contributed by atoms with E-state index in [0.29, 0.717) is 6.54 Å². The molecule has 0 bridgehead atoms. The fourth-order valence-electron chi connectivity index (χ4n) is 1.48. The number of rotatable bonds is 3. The van der Waals surface area contributed by atoms with Crippen LogP contribution in [-0.4, -0.2) is 28.3 Å². The first kappa shape index (κ1) is 8.65. The van der Waals surface area contributed by atoms with Crippen LogP contribution in [0.4, 0.5) is 0 Å². The summed E-state index contributed by atoms with van der Waals surface area (Å²) >= 11 is 0. The molecule has 1 saturated heterocycles. The second kappa shape index (κ2) is 3.85. The predicted molar refractivity (Wildman–Crippen MR) is 47.1 cm³/mol. The Hall–Kier alpha value is -0.940. The third-order valence-corrected chi connectivity index (χ3v) is 2.15. The van der Waals surface area contributed by atoms with Gasteiger partial charge in [0.15, 0.2) is 5.82 Å². The number of H-pyrrole nitrogens is 1. The van der Waals surface area contributed by atoms with Gasteiger partial charge in [-0.1, -0.05) is 0 Å². The Labute approximate surface area is 76.7 Å². The lowest BCUT2D eigenvalue weighted by atomic mass is 10.2. The quantitative estimate of drug-likeness (QED) is 0.698. The number of hydrogen-bond donors (Lipinski definition) is 2. The molecule has 2 rings (SSSR count). The molecule has 1 aromatic heterocycles. The molecular formula is C8H14N4O. The first-order chi connectivity index (χ1) is 6.40. The molecular weight excluding hydrogens is 168 g/mol. The van der Waals surface area contributed by atoms with Gasteiger partial charge in [0.2, 0.25) is 0 Å². The molecule has 1 aliphatic heterocycles. The molecule has 5 nitrogen and oxygen atoms in total. The minimum absolute atomic E-state index is 0.0998. The van der Waals surface area contributed by atoms with Gasteiger partial charge in [0.25, 0.3) is 0 Å². The molecule has 1 aromatic rings. The fraction of sp³-hybridized carbons (Fsp3) is 0.750. The number of hydrogen-bond acceptors (Lipinski definition) is 4. The molecule has 13 heavy (non-hydrogen) atoms. The normalized spacial score (nSPS) is 22.4. The zero-order valence-electron chi connectivity index (χ0n) is 7.49. The number of aromatic amines is 1. The predicted octanol–water partition coefficient (Wildman–Crippen LogP) is 0.157. The van der Waals surface area contributed by atoms with E-state index >= 15 is 0 Å². The van der Waals surface area contributed by atoms with E-state index in [0.717, 1.165) is 37.5 Å². The largest absolute Gasteiger partial charge is 0.370 e. The molecule has 1 unspecified atom stereocenters. The van der Waals surface area contributed by atoms with Crippen molar-refractivity contribution in [3.8, 4) is 0 Å². The first-order valence-electron chi connectivity index (χ1n) is 4.63. The van der Waals surface area contributed by atoms with Crippen molar-refractivity contribution in [2.45, 2.75) is 25.4 Å². The summed E-state index contributed by atoms with van der Waals surface area (Å²) in [6, 6.07) is 0. The molecule has 5 heteroatoms. The highest BCUT2D eigenvalue weighted by molar-refractivity contribution is 4.96. The molecule has 1 aliphatic rings. The van der Waals surface area contributed by atoms with Crippen molar-refractivity contribution in [3.05, 3.63) is 11.6 Å². The second-order valence-corrected chi connectivity index (χ2v) is 3.18. The van der Waals surface area contributed by atoms with Gasteiger partial charge >= 0.3 is 0 Å². The van der Waals surface area contributed by atoms with E-state index in [4.69, 9.17) is 10.5 Å². The topological polar surface area (TPSA) is 76.8 Å². The lowest BCUT2D eigenvalue weighted by molar-refractivity contribution is 0.105. The minimum Gasteiger partial charge on any atom is -0.370 e. The third-order valence-electron chi connectivity index (χ3n) is 2.15. The van der Waals surface area contributed by atoms with Crippen LogP contribution in [0.25, 0.3) is 0 Å². The summed E-state index contributed by atoms with van der Waals surface area (Å²) in [5.74, 6) is 1.63. The number of nitrogens with two attached hydrogens (primary N) is 1.